The molecular formula is C21H18ClFN4O2. The zero-order chi connectivity index (χ0) is 20.4. The highest BCUT2D eigenvalue weighted by Gasteiger charge is 2.26. The van der Waals surface area contributed by atoms with Gasteiger partial charge in [0.05, 0.1) is 16.3 Å². The lowest BCUT2D eigenvalue weighted by atomic mass is 9.95. The first-order chi connectivity index (χ1) is 14.0. The highest BCUT2D eigenvalue weighted by atomic mass is 35.5. The summed E-state index contributed by atoms with van der Waals surface area (Å²) in [6.07, 6.45) is 3.44. The molecule has 1 aliphatic rings. The van der Waals surface area contributed by atoms with Crippen LogP contribution in [0.15, 0.2) is 48.5 Å². The van der Waals surface area contributed by atoms with Crippen LogP contribution in [0.4, 0.5) is 4.39 Å². The molecule has 0 spiro atoms. The summed E-state index contributed by atoms with van der Waals surface area (Å²) in [7, 11) is 0. The maximum atomic E-state index is 13.3. The second kappa shape index (κ2) is 8.05. The van der Waals surface area contributed by atoms with E-state index in [1.54, 1.807) is 41.1 Å². The molecular weight excluding hydrogens is 395 g/mol. The number of nitrogens with zero attached hydrogens (tertiary/aromatic N) is 2. The van der Waals surface area contributed by atoms with E-state index < -0.39 is 11.8 Å². The summed E-state index contributed by atoms with van der Waals surface area (Å²) in [6.45, 7) is 0. The standard InChI is InChI=1S/C21H18ClFN4O2/c22-17-7-3-1-5-15(17)20(28)24-25-21(29)19-16-6-2-4-8-18(16)27(26-19)14-11-9-13(23)10-12-14/h1,3,5,7,9-12H,2,4,6,8H2,(H,24,28)(H,25,29). The Morgan fingerprint density at radius 1 is 0.966 bits per heavy atom. The molecule has 29 heavy (non-hydrogen) atoms. The predicted octanol–water partition coefficient (Wildman–Crippen LogP) is 3.62. The molecule has 0 unspecified atom stereocenters. The Kier molecular flexibility index (Phi) is 5.31. The molecule has 1 aromatic heterocycles. The third kappa shape index (κ3) is 3.86. The molecule has 148 valence electrons. The summed E-state index contributed by atoms with van der Waals surface area (Å²) in [5.41, 5.74) is 7.78. The second-order valence-corrected chi connectivity index (χ2v) is 7.16. The molecule has 2 N–H and O–H groups in total. The van der Waals surface area contributed by atoms with Gasteiger partial charge in [0, 0.05) is 11.3 Å². The first kappa shape index (κ1) is 19.1. The number of carbonyl (C=O) groups is 2. The Morgan fingerprint density at radius 2 is 1.66 bits per heavy atom. The lowest BCUT2D eigenvalue weighted by Gasteiger charge is -2.14. The maximum absolute atomic E-state index is 13.3. The van der Waals surface area contributed by atoms with Crippen LogP contribution >= 0.6 is 11.6 Å². The summed E-state index contributed by atoms with van der Waals surface area (Å²) in [4.78, 5) is 25.0. The number of carbonyl (C=O) groups excluding carboxylic acids is 2. The van der Waals surface area contributed by atoms with Gasteiger partial charge >= 0.3 is 0 Å². The highest BCUT2D eigenvalue weighted by molar-refractivity contribution is 6.33. The van der Waals surface area contributed by atoms with Crippen molar-refractivity contribution in [2.75, 3.05) is 0 Å². The van der Waals surface area contributed by atoms with E-state index in [9.17, 15) is 14.0 Å². The van der Waals surface area contributed by atoms with Crippen LogP contribution in [0.3, 0.4) is 0 Å². The normalized spacial score (nSPS) is 12.9. The number of nitrogens with one attached hydrogen (secondary N) is 2. The van der Waals surface area contributed by atoms with Crippen molar-refractivity contribution in [1.82, 2.24) is 20.6 Å². The molecule has 0 saturated carbocycles. The summed E-state index contributed by atoms with van der Waals surface area (Å²) in [5, 5.41) is 4.75. The van der Waals surface area contributed by atoms with Crippen LogP contribution < -0.4 is 10.9 Å². The number of rotatable bonds is 3. The first-order valence-electron chi connectivity index (χ1n) is 9.26. The van der Waals surface area contributed by atoms with E-state index in [0.29, 0.717) is 5.69 Å². The van der Waals surface area contributed by atoms with Crippen LogP contribution in [0.2, 0.25) is 5.02 Å². The topological polar surface area (TPSA) is 76.0 Å². The zero-order valence-electron chi connectivity index (χ0n) is 15.4. The number of hydrogen-bond acceptors (Lipinski definition) is 3. The minimum atomic E-state index is -0.518. The van der Waals surface area contributed by atoms with E-state index in [4.69, 9.17) is 11.6 Å². The van der Waals surface area contributed by atoms with Gasteiger partial charge in [-0.1, -0.05) is 23.7 Å². The number of fused-ring (bicyclic) bond motifs is 1. The monoisotopic (exact) mass is 412 g/mol. The number of hydrogen-bond donors (Lipinski definition) is 2. The Labute approximate surface area is 171 Å². The number of hydrazine groups is 1. The molecule has 0 radical (unpaired) electrons. The van der Waals surface area contributed by atoms with E-state index in [1.807, 2.05) is 0 Å². The lowest BCUT2D eigenvalue weighted by Crippen LogP contribution is -2.42. The molecule has 4 rings (SSSR count). The van der Waals surface area contributed by atoms with E-state index >= 15 is 0 Å². The van der Waals surface area contributed by atoms with E-state index in [2.05, 4.69) is 16.0 Å². The lowest BCUT2D eigenvalue weighted by molar-refractivity contribution is 0.0843. The van der Waals surface area contributed by atoms with Crippen LogP contribution in [0, 0.1) is 5.82 Å². The van der Waals surface area contributed by atoms with Gasteiger partial charge in [0.1, 0.15) is 5.82 Å². The fourth-order valence-electron chi connectivity index (χ4n) is 3.46. The number of halogens is 2. The van der Waals surface area contributed by atoms with Crippen LogP contribution in [-0.2, 0) is 12.8 Å². The van der Waals surface area contributed by atoms with Gasteiger partial charge in [-0.25, -0.2) is 9.07 Å². The number of amides is 2. The van der Waals surface area contributed by atoms with Crippen molar-refractivity contribution in [3.05, 3.63) is 81.9 Å². The van der Waals surface area contributed by atoms with E-state index in [-0.39, 0.29) is 22.1 Å². The molecule has 2 aromatic carbocycles. The molecule has 8 heteroatoms. The second-order valence-electron chi connectivity index (χ2n) is 6.76. The fourth-order valence-corrected chi connectivity index (χ4v) is 3.68. The van der Waals surface area contributed by atoms with Gasteiger partial charge in [-0.2, -0.15) is 5.10 Å². The summed E-state index contributed by atoms with van der Waals surface area (Å²) in [6, 6.07) is 12.5. The third-order valence-electron chi connectivity index (χ3n) is 4.87. The molecule has 0 saturated heterocycles. The maximum Gasteiger partial charge on any atom is 0.290 e. The minimum Gasteiger partial charge on any atom is -0.267 e. The van der Waals surface area contributed by atoms with Crippen LogP contribution in [-0.4, -0.2) is 21.6 Å². The van der Waals surface area contributed by atoms with Gasteiger partial charge in [0.2, 0.25) is 0 Å². The molecule has 0 atom stereocenters. The fraction of sp³-hybridized carbons (Fsp3) is 0.190. The Balaban J connectivity index is 1.58. The van der Waals surface area contributed by atoms with Crippen molar-refractivity contribution in [3.63, 3.8) is 0 Å². The molecule has 1 aliphatic carbocycles. The SMILES string of the molecule is O=C(NNC(=O)c1nn(-c2ccc(F)cc2)c2c1CCCC2)c1ccccc1Cl. The van der Waals surface area contributed by atoms with Crippen molar-refractivity contribution in [2.24, 2.45) is 0 Å². The van der Waals surface area contributed by atoms with E-state index in [0.717, 1.165) is 36.9 Å². The van der Waals surface area contributed by atoms with Gasteiger partial charge < -0.3 is 0 Å². The van der Waals surface area contributed by atoms with Crippen LogP contribution in [0.25, 0.3) is 5.69 Å². The van der Waals surface area contributed by atoms with Crippen molar-refractivity contribution in [1.29, 1.82) is 0 Å². The Bertz CT molecular complexity index is 1080. The van der Waals surface area contributed by atoms with Gasteiger partial charge in [-0.15, -0.1) is 0 Å². The molecule has 3 aromatic rings. The zero-order valence-corrected chi connectivity index (χ0v) is 16.2. The van der Waals surface area contributed by atoms with Gasteiger partial charge in [-0.05, 0) is 62.1 Å². The highest BCUT2D eigenvalue weighted by Crippen LogP contribution is 2.27. The number of aromatic nitrogens is 2. The number of benzene rings is 2. The van der Waals surface area contributed by atoms with Crippen molar-refractivity contribution in [2.45, 2.75) is 25.7 Å². The third-order valence-corrected chi connectivity index (χ3v) is 5.20. The van der Waals surface area contributed by atoms with E-state index in [1.165, 1.54) is 12.1 Å². The van der Waals surface area contributed by atoms with Crippen LogP contribution in [0.5, 0.6) is 0 Å². The van der Waals surface area contributed by atoms with Crippen LogP contribution in [0.1, 0.15) is 44.9 Å². The van der Waals surface area contributed by atoms with Gasteiger partial charge in [0.25, 0.3) is 11.8 Å². The average Bonchev–Trinajstić information content (AvgIpc) is 3.12. The quantitative estimate of drug-likeness (QED) is 0.645. The predicted molar refractivity (Wildman–Crippen MR) is 107 cm³/mol. The molecule has 0 fully saturated rings. The Hall–Kier alpha value is -3.19. The summed E-state index contributed by atoms with van der Waals surface area (Å²) in [5.74, 6) is -1.37. The first-order valence-corrected chi connectivity index (χ1v) is 9.64. The van der Waals surface area contributed by atoms with Crippen molar-refractivity contribution in [3.8, 4) is 5.69 Å². The molecule has 0 aliphatic heterocycles. The summed E-state index contributed by atoms with van der Waals surface area (Å²) >= 11 is 6.01. The largest absolute Gasteiger partial charge is 0.290 e. The molecule has 0 bridgehead atoms. The Morgan fingerprint density at radius 3 is 2.41 bits per heavy atom. The minimum absolute atomic E-state index is 0.253. The molecule has 6 nitrogen and oxygen atoms in total. The van der Waals surface area contributed by atoms with Gasteiger partial charge in [0.15, 0.2) is 5.69 Å². The molecule has 2 amide bonds. The van der Waals surface area contributed by atoms with Crippen molar-refractivity contribution < 1.29 is 14.0 Å². The van der Waals surface area contributed by atoms with Gasteiger partial charge in [-0.3, -0.25) is 20.4 Å². The average molecular weight is 413 g/mol. The smallest absolute Gasteiger partial charge is 0.267 e. The summed E-state index contributed by atoms with van der Waals surface area (Å²) < 4.78 is 15.0. The molecule has 1 heterocycles. The van der Waals surface area contributed by atoms with Crippen molar-refractivity contribution >= 4 is 23.4 Å².